The molecule has 0 amide bonds. The minimum absolute atomic E-state index is 0.287. The molecule has 232 valence electrons. The van der Waals surface area contributed by atoms with Crippen LogP contribution in [0.2, 0.25) is 0 Å². The van der Waals surface area contributed by atoms with E-state index in [0.29, 0.717) is 0 Å². The number of aliphatic carboxylic acids is 4. The zero-order valence-corrected chi connectivity index (χ0v) is 24.1. The molecule has 0 aliphatic heterocycles. The summed E-state index contributed by atoms with van der Waals surface area (Å²) in [6.45, 7) is 0. The predicted octanol–water partition coefficient (Wildman–Crippen LogP) is 5.96. The number of phosphoric acid groups is 1. The highest BCUT2D eigenvalue weighted by atomic mass is 31.2. The summed E-state index contributed by atoms with van der Waals surface area (Å²) < 4.78 is 8.88. The maximum atomic E-state index is 10.2. The van der Waals surface area contributed by atoms with Crippen molar-refractivity contribution < 1.29 is 58.8 Å². The third-order valence-electron chi connectivity index (χ3n) is 5.56. The van der Waals surface area contributed by atoms with Crippen LogP contribution < -0.4 is 0 Å². The molecule has 0 aromatic carbocycles. The maximum Gasteiger partial charge on any atom is 0.466 e. The molecule has 0 aromatic rings. The average molecular weight is 587 g/mol. The van der Waals surface area contributed by atoms with Gasteiger partial charge in [0.2, 0.25) is 0 Å². The van der Waals surface area contributed by atoms with Crippen LogP contribution in [0.1, 0.15) is 141 Å². The lowest BCUT2D eigenvalue weighted by molar-refractivity contribution is -0.138. The smallest absolute Gasteiger partial charge is 0.466 e. The van der Waals surface area contributed by atoms with Gasteiger partial charge in [0.1, 0.15) is 0 Å². The molecule has 0 atom stereocenters. The van der Waals surface area contributed by atoms with Crippen LogP contribution in [0.25, 0.3) is 0 Å². The summed E-state index contributed by atoms with van der Waals surface area (Å²) >= 11 is 0. The quantitative estimate of drug-likeness (QED) is 0.0513. The molecule has 0 heterocycles. The van der Waals surface area contributed by atoms with Crippen LogP contribution in [0, 0.1) is 0 Å². The van der Waals surface area contributed by atoms with E-state index in [2.05, 4.69) is 0 Å². The van der Waals surface area contributed by atoms with Crippen molar-refractivity contribution >= 4 is 31.7 Å². The largest absolute Gasteiger partial charge is 0.481 e. The van der Waals surface area contributed by atoms with E-state index in [1.54, 1.807) is 0 Å². The van der Waals surface area contributed by atoms with Crippen molar-refractivity contribution in [1.82, 2.24) is 0 Å². The van der Waals surface area contributed by atoms with E-state index < -0.39 is 31.7 Å². The zero-order valence-electron chi connectivity index (χ0n) is 23.2. The van der Waals surface area contributed by atoms with Gasteiger partial charge in [-0.15, -0.1) is 0 Å². The normalized spacial score (nSPS) is 10.5. The van der Waals surface area contributed by atoms with Crippen LogP contribution in [-0.2, 0) is 23.7 Å². The van der Waals surface area contributed by atoms with Gasteiger partial charge in [0.15, 0.2) is 0 Å². The van der Waals surface area contributed by atoms with E-state index >= 15 is 0 Å². The second-order valence-corrected chi connectivity index (χ2v) is 10.5. The van der Waals surface area contributed by atoms with Crippen LogP contribution >= 0.6 is 7.82 Å². The highest BCUT2D eigenvalue weighted by molar-refractivity contribution is 7.45. The number of hydrogen-bond acceptors (Lipinski definition) is 5. The van der Waals surface area contributed by atoms with Crippen LogP contribution in [0.3, 0.4) is 0 Å². The van der Waals surface area contributed by atoms with Crippen molar-refractivity contribution in [2.45, 2.75) is 141 Å². The van der Waals surface area contributed by atoms with Gasteiger partial charge in [-0.3, -0.25) is 19.2 Å². The highest BCUT2D eigenvalue weighted by Crippen LogP contribution is 2.25. The molecule has 0 unspecified atom stereocenters. The van der Waals surface area contributed by atoms with E-state index in [0.717, 1.165) is 77.0 Å². The fourth-order valence-electron chi connectivity index (χ4n) is 3.58. The lowest BCUT2D eigenvalue weighted by atomic mass is 10.1. The van der Waals surface area contributed by atoms with E-state index in [4.69, 9.17) is 39.7 Å². The second kappa shape index (κ2) is 30.5. The maximum absolute atomic E-state index is 10.2. The highest BCUT2D eigenvalue weighted by Gasteiger charge is 2.01. The van der Waals surface area contributed by atoms with Crippen molar-refractivity contribution in [3.8, 4) is 0 Å². The Kier molecular flexibility index (Phi) is 32.5. The van der Waals surface area contributed by atoms with Gasteiger partial charge in [-0.25, -0.2) is 4.57 Å². The number of carbonyl (C=O) groups is 4. The first-order valence-corrected chi connectivity index (χ1v) is 15.5. The molecule has 39 heavy (non-hydrogen) atoms. The molecule has 0 spiro atoms. The first kappa shape index (κ1) is 41.5. The van der Waals surface area contributed by atoms with E-state index in [1.807, 2.05) is 0 Å². The molecule has 13 heteroatoms. The third kappa shape index (κ3) is 61.6. The summed E-state index contributed by atoms with van der Waals surface area (Å²) in [7, 11) is -4.64. The van der Waals surface area contributed by atoms with E-state index in [9.17, 15) is 19.2 Å². The Morgan fingerprint density at radius 3 is 0.538 bits per heavy atom. The minimum Gasteiger partial charge on any atom is -0.481 e. The van der Waals surface area contributed by atoms with Crippen molar-refractivity contribution in [3.63, 3.8) is 0 Å². The first-order valence-electron chi connectivity index (χ1n) is 13.9. The zero-order chi connectivity index (χ0) is 30.4. The Morgan fingerprint density at radius 1 is 0.333 bits per heavy atom. The molecule has 7 N–H and O–H groups in total. The fourth-order valence-corrected chi connectivity index (χ4v) is 3.58. The Labute approximate surface area is 232 Å². The Hall–Kier alpha value is -2.01. The minimum atomic E-state index is -4.64. The molecule has 12 nitrogen and oxygen atoms in total. The lowest BCUT2D eigenvalue weighted by Gasteiger charge is -2.01. The van der Waals surface area contributed by atoms with Crippen molar-refractivity contribution in [1.29, 1.82) is 0 Å². The molecule has 0 aromatic heterocycles. The van der Waals surface area contributed by atoms with Gasteiger partial charge in [-0.05, 0) is 25.7 Å². The number of carboxylic acids is 4. The molecule has 0 rings (SSSR count). The first-order chi connectivity index (χ1) is 18.3. The van der Waals surface area contributed by atoms with Crippen molar-refractivity contribution in [3.05, 3.63) is 0 Å². The van der Waals surface area contributed by atoms with Gasteiger partial charge in [0, 0.05) is 25.7 Å². The topological polar surface area (TPSA) is 227 Å². The Balaban J connectivity index is -0.000000566. The monoisotopic (exact) mass is 586 g/mol. The van der Waals surface area contributed by atoms with Crippen LogP contribution in [-0.4, -0.2) is 59.0 Å². The Bertz CT molecular complexity index is 565. The molecule has 0 bridgehead atoms. The summed E-state index contributed by atoms with van der Waals surface area (Å²) in [6, 6.07) is 0. The lowest BCUT2D eigenvalue weighted by Crippen LogP contribution is -1.94. The van der Waals surface area contributed by atoms with E-state index in [-0.39, 0.29) is 25.7 Å². The van der Waals surface area contributed by atoms with Gasteiger partial charge < -0.3 is 35.1 Å². The number of carboxylic acid groups (broad SMARTS) is 4. The SMILES string of the molecule is O=C(O)CCCCCCCCCCCC(=O)O.O=C(O)CCCCCCCCCCCC(=O)O.O=P(O)(O)O. The van der Waals surface area contributed by atoms with Gasteiger partial charge >= 0.3 is 31.7 Å². The van der Waals surface area contributed by atoms with Crippen molar-refractivity contribution in [2.75, 3.05) is 0 Å². The van der Waals surface area contributed by atoms with E-state index in [1.165, 1.54) is 38.5 Å². The van der Waals surface area contributed by atoms with Crippen molar-refractivity contribution in [2.24, 2.45) is 0 Å². The summed E-state index contributed by atoms with van der Waals surface area (Å²) in [6.07, 6.45) is 19.8. The predicted molar refractivity (Wildman–Crippen MR) is 146 cm³/mol. The number of hydrogen-bond donors (Lipinski definition) is 7. The molecule has 0 aliphatic carbocycles. The van der Waals surface area contributed by atoms with Gasteiger partial charge in [0.25, 0.3) is 0 Å². The summed E-state index contributed by atoms with van der Waals surface area (Å²) in [5, 5.41) is 33.7. The van der Waals surface area contributed by atoms with Crippen LogP contribution in [0.5, 0.6) is 0 Å². The number of unbranched alkanes of at least 4 members (excludes halogenated alkanes) is 16. The van der Waals surface area contributed by atoms with Crippen LogP contribution in [0.15, 0.2) is 0 Å². The van der Waals surface area contributed by atoms with Gasteiger partial charge in [0.05, 0.1) is 0 Å². The molecular weight excluding hydrogens is 535 g/mol. The molecule has 0 radical (unpaired) electrons. The fraction of sp³-hybridized carbons (Fsp3) is 0.846. The molecule has 0 fully saturated rings. The van der Waals surface area contributed by atoms with Crippen LogP contribution in [0.4, 0.5) is 0 Å². The summed E-state index contributed by atoms with van der Waals surface area (Å²) in [5.74, 6) is -2.82. The summed E-state index contributed by atoms with van der Waals surface area (Å²) in [5.41, 5.74) is 0. The number of rotatable bonds is 24. The van der Waals surface area contributed by atoms with Gasteiger partial charge in [-0.2, -0.15) is 0 Å². The Morgan fingerprint density at radius 2 is 0.436 bits per heavy atom. The molecular formula is C26H51O12P. The van der Waals surface area contributed by atoms with Gasteiger partial charge in [-0.1, -0.05) is 89.9 Å². The molecule has 0 aliphatic rings. The second-order valence-electron chi connectivity index (χ2n) is 9.45. The standard InChI is InChI=1S/2C13H24O4.H3O4P/c2*14-12(15)10-8-6-4-2-1-3-5-7-9-11-13(16)17;1-5(2,3)4/h2*1-11H2,(H,14,15)(H,16,17);(H3,1,2,3,4). The molecule has 0 saturated heterocycles. The molecule has 0 saturated carbocycles. The third-order valence-corrected chi connectivity index (χ3v) is 5.56. The average Bonchev–Trinajstić information content (AvgIpc) is 2.79. The summed E-state index contributed by atoms with van der Waals surface area (Å²) in [4.78, 5) is 62.5.